The standard InChI is InChI=1S/C60H54B2O4/c1-7-19-45(20-8-1)35-37-59-43-63-61(65-59)53-33-32-52(56(41-53)48-25-13-4-14-26-48)40-58(50-29-17-6-18-30-50)60(38-36-46-21-9-2-10-22-46)44-64-62(66-60)54-34-31-51(39-57(59)49-27-15-5-16-28-49)55(42-54)47-23-11-3-12-24-47/h1-30,35-42,55-58H,31-34,43-44H2. The smallest absolute Gasteiger partial charge is 0.404 e. The first-order valence-corrected chi connectivity index (χ1v) is 23.7. The lowest BCUT2D eigenvalue weighted by molar-refractivity contribution is 0.129. The van der Waals surface area contributed by atoms with Crippen molar-refractivity contribution < 1.29 is 18.6 Å². The number of allylic oxidation sites excluding steroid dienone is 6. The molecular weight excluding hydrogens is 806 g/mol. The van der Waals surface area contributed by atoms with Gasteiger partial charge in [0.05, 0.1) is 13.2 Å². The first-order valence-electron chi connectivity index (χ1n) is 23.7. The SMILES string of the molecule is C(=CC12COB(O1)C1=CC(c3ccccc3)C(=CC(c3ccccc3)C3(C=Cc4ccccc4)COB(O3)C3=CC(c4ccccc4)C(=CC2c2ccccc2)CC3)CC1)c1ccccc1. The van der Waals surface area contributed by atoms with Crippen LogP contribution < -0.4 is 0 Å². The van der Waals surface area contributed by atoms with Crippen LogP contribution in [0.4, 0.5) is 0 Å². The van der Waals surface area contributed by atoms with Crippen molar-refractivity contribution in [2.75, 3.05) is 13.2 Å². The molecule has 4 nitrogen and oxygen atoms in total. The van der Waals surface area contributed by atoms with Gasteiger partial charge in [-0.15, -0.1) is 0 Å². The van der Waals surface area contributed by atoms with E-state index in [-0.39, 0.29) is 23.7 Å². The van der Waals surface area contributed by atoms with E-state index >= 15 is 0 Å². The van der Waals surface area contributed by atoms with E-state index in [4.69, 9.17) is 18.6 Å². The maximum absolute atomic E-state index is 7.56. The molecule has 324 valence electrons. The minimum absolute atomic E-state index is 0.00719. The van der Waals surface area contributed by atoms with E-state index in [1.807, 2.05) is 0 Å². The highest BCUT2D eigenvalue weighted by molar-refractivity contribution is 6.55. The van der Waals surface area contributed by atoms with E-state index in [0.717, 1.165) is 36.8 Å². The van der Waals surface area contributed by atoms with Crippen LogP contribution >= 0.6 is 0 Å². The molecule has 0 spiro atoms. The minimum atomic E-state index is -0.800. The Balaban J connectivity index is 1.13. The molecule has 2 aliphatic carbocycles. The van der Waals surface area contributed by atoms with Crippen LogP contribution in [-0.4, -0.2) is 38.7 Å². The predicted octanol–water partition coefficient (Wildman–Crippen LogP) is 13.5. The van der Waals surface area contributed by atoms with Gasteiger partial charge in [-0.2, -0.15) is 0 Å². The summed E-state index contributed by atoms with van der Waals surface area (Å²) in [7, 11) is -1.02. The highest BCUT2D eigenvalue weighted by atomic mass is 16.7. The van der Waals surface area contributed by atoms with Gasteiger partial charge in [0.2, 0.25) is 0 Å². The molecule has 14 rings (SSSR count). The van der Waals surface area contributed by atoms with Gasteiger partial charge in [-0.1, -0.05) is 242 Å². The fourth-order valence-electron chi connectivity index (χ4n) is 10.8. The average Bonchev–Trinajstić information content (AvgIpc) is 4.04. The fraction of sp³-hybridized carbons (Fsp3) is 0.200. The third-order valence-corrected chi connectivity index (χ3v) is 14.3. The fourth-order valence-corrected chi connectivity index (χ4v) is 10.8. The molecule has 0 saturated carbocycles. The van der Waals surface area contributed by atoms with E-state index in [9.17, 15) is 0 Å². The van der Waals surface area contributed by atoms with E-state index < -0.39 is 25.4 Å². The summed E-state index contributed by atoms with van der Waals surface area (Å²) in [5.74, 6) is -0.283. The molecule has 66 heavy (non-hydrogen) atoms. The first kappa shape index (κ1) is 42.4. The van der Waals surface area contributed by atoms with Crippen molar-refractivity contribution >= 4 is 26.4 Å². The number of hydrogen-bond acceptors (Lipinski definition) is 4. The molecule has 6 unspecified atom stereocenters. The molecule has 6 heteroatoms. The molecule has 6 aromatic carbocycles. The molecule has 2 fully saturated rings. The van der Waals surface area contributed by atoms with Crippen LogP contribution in [-0.2, 0) is 18.6 Å². The molecule has 0 radical (unpaired) electrons. The second-order valence-corrected chi connectivity index (χ2v) is 18.4. The van der Waals surface area contributed by atoms with Crippen molar-refractivity contribution in [1.82, 2.24) is 0 Å². The van der Waals surface area contributed by atoms with Crippen molar-refractivity contribution in [2.45, 2.75) is 60.6 Å². The van der Waals surface area contributed by atoms with Crippen molar-refractivity contribution in [2.24, 2.45) is 0 Å². The van der Waals surface area contributed by atoms with E-state index in [0.29, 0.717) is 13.2 Å². The Morgan fingerprint density at radius 3 is 1.08 bits per heavy atom. The van der Waals surface area contributed by atoms with Gasteiger partial charge in [0.15, 0.2) is 0 Å². The van der Waals surface area contributed by atoms with Crippen molar-refractivity contribution in [3.05, 3.63) is 274 Å². The summed E-state index contributed by atoms with van der Waals surface area (Å²) < 4.78 is 29.1. The normalized spacial score (nSPS) is 26.5. The molecule has 0 N–H and O–H groups in total. The van der Waals surface area contributed by atoms with Gasteiger partial charge >= 0.3 is 14.2 Å². The van der Waals surface area contributed by atoms with Gasteiger partial charge in [0.25, 0.3) is 0 Å². The molecular formula is C60H54B2O4. The Bertz CT molecular complexity index is 2590. The monoisotopic (exact) mass is 860 g/mol. The molecule has 8 bridgehead atoms. The van der Waals surface area contributed by atoms with Crippen LogP contribution in [0.2, 0.25) is 0 Å². The Kier molecular flexibility index (Phi) is 12.1. The van der Waals surface area contributed by atoms with E-state index in [2.05, 4.69) is 231 Å². The number of benzene rings is 6. The zero-order valence-corrected chi connectivity index (χ0v) is 37.3. The lowest BCUT2D eigenvalue weighted by Gasteiger charge is -2.37. The maximum Gasteiger partial charge on any atom is 0.490 e. The van der Waals surface area contributed by atoms with Crippen LogP contribution in [0.15, 0.2) is 241 Å². The minimum Gasteiger partial charge on any atom is -0.404 e. The summed E-state index contributed by atoms with van der Waals surface area (Å²) >= 11 is 0. The van der Waals surface area contributed by atoms with Crippen LogP contribution in [0.25, 0.3) is 12.2 Å². The zero-order valence-electron chi connectivity index (χ0n) is 37.3. The number of hydrogen-bond donors (Lipinski definition) is 0. The van der Waals surface area contributed by atoms with Crippen molar-refractivity contribution in [1.29, 1.82) is 0 Å². The molecule has 6 atom stereocenters. The largest absolute Gasteiger partial charge is 0.490 e. The van der Waals surface area contributed by atoms with Gasteiger partial charge in [0, 0.05) is 23.7 Å². The lowest BCUT2D eigenvalue weighted by atomic mass is 9.66. The van der Waals surface area contributed by atoms with Gasteiger partial charge in [-0.05, 0) is 70.0 Å². The van der Waals surface area contributed by atoms with Crippen LogP contribution in [0.1, 0.15) is 82.7 Å². The zero-order chi connectivity index (χ0) is 44.2. The summed E-state index contributed by atoms with van der Waals surface area (Å²) in [6.07, 6.45) is 22.2. The van der Waals surface area contributed by atoms with Crippen LogP contribution in [0, 0.1) is 0 Å². The molecule has 0 amide bonds. The third kappa shape index (κ3) is 8.75. The third-order valence-electron chi connectivity index (χ3n) is 14.3. The maximum atomic E-state index is 7.56. The van der Waals surface area contributed by atoms with Crippen LogP contribution in [0.3, 0.4) is 0 Å². The summed E-state index contributed by atoms with van der Waals surface area (Å²) in [5.41, 5.74) is 10.6. The molecule has 8 aliphatic rings. The topological polar surface area (TPSA) is 36.9 Å². The summed E-state index contributed by atoms with van der Waals surface area (Å²) in [6, 6.07) is 64.7. The van der Waals surface area contributed by atoms with E-state index in [1.54, 1.807) is 0 Å². The summed E-state index contributed by atoms with van der Waals surface area (Å²) in [4.78, 5) is 0. The summed E-state index contributed by atoms with van der Waals surface area (Å²) in [5, 5.41) is 0. The van der Waals surface area contributed by atoms with Gasteiger partial charge in [0.1, 0.15) is 11.2 Å². The van der Waals surface area contributed by atoms with Crippen molar-refractivity contribution in [3.63, 3.8) is 0 Å². The predicted molar refractivity (Wildman–Crippen MR) is 270 cm³/mol. The lowest BCUT2D eigenvalue weighted by Crippen LogP contribution is -2.39. The Morgan fingerprint density at radius 1 is 0.379 bits per heavy atom. The Labute approximate surface area is 391 Å². The van der Waals surface area contributed by atoms with Gasteiger partial charge in [-0.3, -0.25) is 0 Å². The molecule has 6 aromatic rings. The molecule has 2 saturated heterocycles. The molecule has 0 aromatic heterocycles. The van der Waals surface area contributed by atoms with Gasteiger partial charge in [-0.25, -0.2) is 0 Å². The van der Waals surface area contributed by atoms with Gasteiger partial charge < -0.3 is 18.6 Å². The van der Waals surface area contributed by atoms with E-state index in [1.165, 1.54) is 44.3 Å². The quantitative estimate of drug-likeness (QED) is 0.113. The second kappa shape index (κ2) is 18.9. The average molecular weight is 861 g/mol. The highest BCUT2D eigenvalue weighted by Gasteiger charge is 2.52. The number of rotatable bonds is 8. The van der Waals surface area contributed by atoms with Crippen LogP contribution in [0.5, 0.6) is 0 Å². The molecule has 6 heterocycles. The molecule has 6 aliphatic heterocycles. The Morgan fingerprint density at radius 2 is 0.712 bits per heavy atom. The first-order chi connectivity index (χ1) is 32.6. The second-order valence-electron chi connectivity index (χ2n) is 18.4. The summed E-state index contributed by atoms with van der Waals surface area (Å²) in [6.45, 7) is 0.821. The highest BCUT2D eigenvalue weighted by Crippen LogP contribution is 2.50. The Hall–Kier alpha value is -6.27. The van der Waals surface area contributed by atoms with Crippen molar-refractivity contribution in [3.8, 4) is 0 Å².